The van der Waals surface area contributed by atoms with Gasteiger partial charge in [-0.2, -0.15) is 0 Å². The lowest BCUT2D eigenvalue weighted by atomic mass is 9.76. The second-order valence-corrected chi connectivity index (χ2v) is 5.36. The number of nitrogens with zero attached hydrogens (tertiary/aromatic N) is 1. The Morgan fingerprint density at radius 3 is 2.83 bits per heavy atom. The number of piperidine rings is 1. The van der Waals surface area contributed by atoms with E-state index in [0.29, 0.717) is 19.5 Å². The van der Waals surface area contributed by atoms with Gasteiger partial charge >= 0.3 is 0 Å². The predicted molar refractivity (Wildman–Crippen MR) is 68.3 cm³/mol. The average Bonchev–Trinajstić information content (AvgIpc) is 2.34. The van der Waals surface area contributed by atoms with Crippen LogP contribution in [0.4, 0.5) is 0 Å². The normalized spacial score (nSPS) is 26.5. The van der Waals surface area contributed by atoms with Crippen molar-refractivity contribution in [1.29, 1.82) is 0 Å². The number of rotatable bonds is 1. The van der Waals surface area contributed by atoms with Gasteiger partial charge in [0, 0.05) is 25.4 Å². The van der Waals surface area contributed by atoms with Gasteiger partial charge in [0.15, 0.2) is 0 Å². The van der Waals surface area contributed by atoms with E-state index >= 15 is 0 Å². The van der Waals surface area contributed by atoms with Crippen molar-refractivity contribution in [3.8, 4) is 0 Å². The van der Waals surface area contributed by atoms with E-state index < -0.39 is 0 Å². The van der Waals surface area contributed by atoms with E-state index in [9.17, 15) is 9.59 Å². The minimum Gasteiger partial charge on any atom is -0.341 e. The Labute approximate surface area is 107 Å². The summed E-state index contributed by atoms with van der Waals surface area (Å²) in [6.07, 6.45) is 1.37. The predicted octanol–water partition coefficient (Wildman–Crippen LogP) is 1.76. The number of hydrogen-bond acceptors (Lipinski definition) is 2. The number of likely N-dealkylation sites (tertiary alicyclic amines) is 1. The highest BCUT2D eigenvalue weighted by molar-refractivity contribution is 5.89. The minimum atomic E-state index is -0.00183. The maximum absolute atomic E-state index is 12.4. The molecule has 18 heavy (non-hydrogen) atoms. The van der Waals surface area contributed by atoms with Crippen LogP contribution >= 0.6 is 0 Å². The lowest BCUT2D eigenvalue weighted by Gasteiger charge is -2.37. The summed E-state index contributed by atoms with van der Waals surface area (Å²) in [7, 11) is 0. The smallest absolute Gasteiger partial charge is 0.230 e. The van der Waals surface area contributed by atoms with Crippen LogP contribution in [-0.2, 0) is 16.0 Å². The Morgan fingerprint density at radius 1 is 1.33 bits per heavy atom. The molecule has 1 aromatic carbocycles. The average molecular weight is 243 g/mol. The molecule has 1 aliphatic heterocycles. The van der Waals surface area contributed by atoms with Crippen molar-refractivity contribution in [2.24, 2.45) is 5.92 Å². The molecule has 1 aliphatic carbocycles. The zero-order valence-corrected chi connectivity index (χ0v) is 10.6. The molecule has 3 rings (SSSR count). The molecule has 2 aliphatic rings. The standard InChI is InChI=1S/C15H17NO2/c1-10-9-16(7-6-14(10)17)15(18)13-8-11-4-2-3-5-12(11)13/h2-5,10,13H,6-9H2,1H3. The monoisotopic (exact) mass is 243 g/mol. The molecule has 3 heteroatoms. The van der Waals surface area contributed by atoms with E-state index in [0.717, 1.165) is 6.42 Å². The van der Waals surface area contributed by atoms with Crippen LogP contribution in [0.1, 0.15) is 30.4 Å². The highest BCUT2D eigenvalue weighted by atomic mass is 16.2. The number of fused-ring (bicyclic) bond motifs is 1. The van der Waals surface area contributed by atoms with Crippen molar-refractivity contribution >= 4 is 11.7 Å². The molecule has 0 spiro atoms. The van der Waals surface area contributed by atoms with Gasteiger partial charge in [-0.3, -0.25) is 9.59 Å². The second-order valence-electron chi connectivity index (χ2n) is 5.36. The van der Waals surface area contributed by atoms with Crippen LogP contribution in [0.2, 0.25) is 0 Å². The number of hydrogen-bond donors (Lipinski definition) is 0. The highest BCUT2D eigenvalue weighted by Gasteiger charge is 2.36. The zero-order valence-electron chi connectivity index (χ0n) is 10.6. The molecule has 0 radical (unpaired) electrons. The molecule has 2 atom stereocenters. The number of ketones is 1. The molecule has 94 valence electrons. The van der Waals surface area contributed by atoms with Gasteiger partial charge in [-0.05, 0) is 17.5 Å². The van der Waals surface area contributed by atoms with E-state index in [1.54, 1.807) is 0 Å². The topological polar surface area (TPSA) is 37.4 Å². The Balaban J connectivity index is 1.72. The van der Waals surface area contributed by atoms with Crippen molar-refractivity contribution in [3.63, 3.8) is 0 Å². The third kappa shape index (κ3) is 1.74. The van der Waals surface area contributed by atoms with E-state index in [2.05, 4.69) is 6.07 Å². The van der Waals surface area contributed by atoms with E-state index in [1.807, 2.05) is 30.0 Å². The first-order chi connectivity index (χ1) is 8.66. The molecule has 0 bridgehead atoms. The molecule has 1 saturated heterocycles. The molecule has 1 heterocycles. The summed E-state index contributed by atoms with van der Waals surface area (Å²) < 4.78 is 0. The summed E-state index contributed by atoms with van der Waals surface area (Å²) in [6.45, 7) is 3.10. The Kier molecular flexibility index (Phi) is 2.69. The molecule has 0 aromatic heterocycles. The van der Waals surface area contributed by atoms with Crippen LogP contribution in [0, 0.1) is 5.92 Å². The third-order valence-corrected chi connectivity index (χ3v) is 4.14. The van der Waals surface area contributed by atoms with Crippen LogP contribution in [-0.4, -0.2) is 29.7 Å². The fraction of sp³-hybridized carbons (Fsp3) is 0.467. The van der Waals surface area contributed by atoms with Crippen molar-refractivity contribution in [2.75, 3.05) is 13.1 Å². The summed E-state index contributed by atoms with van der Waals surface area (Å²) in [6, 6.07) is 8.13. The largest absolute Gasteiger partial charge is 0.341 e. The van der Waals surface area contributed by atoms with Gasteiger partial charge in [0.2, 0.25) is 5.91 Å². The van der Waals surface area contributed by atoms with Gasteiger partial charge in [-0.1, -0.05) is 31.2 Å². The van der Waals surface area contributed by atoms with Gasteiger partial charge in [0.1, 0.15) is 5.78 Å². The summed E-state index contributed by atoms with van der Waals surface area (Å²) >= 11 is 0. The number of Topliss-reactive ketones (excluding diaryl/α,β-unsaturated/α-hetero) is 1. The van der Waals surface area contributed by atoms with Crippen LogP contribution < -0.4 is 0 Å². The van der Waals surface area contributed by atoms with Crippen molar-refractivity contribution in [1.82, 2.24) is 4.90 Å². The van der Waals surface area contributed by atoms with Crippen LogP contribution in [0.5, 0.6) is 0 Å². The second kappa shape index (κ2) is 4.23. The molecule has 0 N–H and O–H groups in total. The third-order valence-electron chi connectivity index (χ3n) is 4.14. The summed E-state index contributed by atoms with van der Waals surface area (Å²) in [5, 5.41) is 0. The molecule has 1 aromatic rings. The fourth-order valence-corrected chi connectivity index (χ4v) is 2.91. The van der Waals surface area contributed by atoms with Crippen LogP contribution in [0.15, 0.2) is 24.3 Å². The summed E-state index contributed by atoms with van der Waals surface area (Å²) in [5.41, 5.74) is 2.46. The van der Waals surface area contributed by atoms with Gasteiger partial charge in [-0.25, -0.2) is 0 Å². The molecular formula is C15H17NO2. The Morgan fingerprint density at radius 2 is 2.11 bits per heavy atom. The summed E-state index contributed by atoms with van der Waals surface area (Å²) in [4.78, 5) is 25.8. The number of carbonyl (C=O) groups is 2. The zero-order chi connectivity index (χ0) is 12.7. The minimum absolute atomic E-state index is 0.00183. The number of benzene rings is 1. The fourth-order valence-electron chi connectivity index (χ4n) is 2.91. The van der Waals surface area contributed by atoms with Crippen molar-refractivity contribution in [2.45, 2.75) is 25.7 Å². The first-order valence-electron chi connectivity index (χ1n) is 6.56. The lowest BCUT2D eigenvalue weighted by molar-refractivity contribution is -0.138. The van der Waals surface area contributed by atoms with E-state index in [4.69, 9.17) is 0 Å². The first kappa shape index (κ1) is 11.5. The van der Waals surface area contributed by atoms with E-state index in [1.165, 1.54) is 11.1 Å². The molecule has 2 unspecified atom stereocenters. The van der Waals surface area contributed by atoms with Crippen molar-refractivity contribution < 1.29 is 9.59 Å². The lowest BCUT2D eigenvalue weighted by Crippen LogP contribution is -2.46. The molecule has 0 saturated carbocycles. The Bertz CT molecular complexity index is 509. The van der Waals surface area contributed by atoms with Gasteiger partial charge < -0.3 is 4.90 Å². The molecule has 1 fully saturated rings. The van der Waals surface area contributed by atoms with Crippen molar-refractivity contribution in [3.05, 3.63) is 35.4 Å². The highest BCUT2D eigenvalue weighted by Crippen LogP contribution is 2.36. The maximum atomic E-state index is 12.4. The molecule has 1 amide bonds. The van der Waals surface area contributed by atoms with Gasteiger partial charge in [-0.15, -0.1) is 0 Å². The molecular weight excluding hydrogens is 226 g/mol. The SMILES string of the molecule is CC1CN(C(=O)C2Cc3ccccc32)CCC1=O. The first-order valence-corrected chi connectivity index (χ1v) is 6.56. The molecule has 3 nitrogen and oxygen atoms in total. The van der Waals surface area contributed by atoms with Gasteiger partial charge in [0.05, 0.1) is 5.92 Å². The van der Waals surface area contributed by atoms with Crippen LogP contribution in [0.3, 0.4) is 0 Å². The van der Waals surface area contributed by atoms with E-state index in [-0.39, 0.29) is 23.5 Å². The summed E-state index contributed by atoms with van der Waals surface area (Å²) in [5.74, 6) is 0.515. The maximum Gasteiger partial charge on any atom is 0.230 e. The van der Waals surface area contributed by atoms with Crippen LogP contribution in [0.25, 0.3) is 0 Å². The Hall–Kier alpha value is -1.64. The van der Waals surface area contributed by atoms with Gasteiger partial charge in [0.25, 0.3) is 0 Å². The number of carbonyl (C=O) groups excluding carboxylic acids is 2. The quantitative estimate of drug-likeness (QED) is 0.753. The number of amides is 1.